The molecule has 1 amide bonds. The van der Waals surface area contributed by atoms with Crippen molar-refractivity contribution in [3.63, 3.8) is 0 Å². The van der Waals surface area contributed by atoms with Gasteiger partial charge in [0.15, 0.2) is 0 Å². The standard InChI is InChI=1S/C16H20N6O/c23-15-6-3-11-22(15)12-4-9-18-14-7-10-19-16(21-14)20-13-5-1-2-8-17-13/h1-2,5,7-8,10H,3-4,6,9,11-12H2,(H2,17,18,19,20,21). The molecule has 1 aliphatic rings. The van der Waals surface area contributed by atoms with Crippen LogP contribution in [0.4, 0.5) is 17.6 Å². The van der Waals surface area contributed by atoms with Crippen LogP contribution in [0.1, 0.15) is 19.3 Å². The van der Waals surface area contributed by atoms with Crippen molar-refractivity contribution in [1.82, 2.24) is 19.9 Å². The van der Waals surface area contributed by atoms with E-state index in [4.69, 9.17) is 0 Å². The fraction of sp³-hybridized carbons (Fsp3) is 0.375. The summed E-state index contributed by atoms with van der Waals surface area (Å²) in [6, 6.07) is 7.44. The number of pyridine rings is 1. The van der Waals surface area contributed by atoms with Gasteiger partial charge in [0.25, 0.3) is 0 Å². The van der Waals surface area contributed by atoms with Gasteiger partial charge in [-0.2, -0.15) is 4.98 Å². The average molecular weight is 312 g/mol. The highest BCUT2D eigenvalue weighted by atomic mass is 16.2. The van der Waals surface area contributed by atoms with E-state index in [9.17, 15) is 4.79 Å². The van der Waals surface area contributed by atoms with Gasteiger partial charge in [-0.05, 0) is 31.0 Å². The number of carbonyl (C=O) groups excluding carboxylic acids is 1. The highest BCUT2D eigenvalue weighted by Crippen LogP contribution is 2.12. The molecule has 2 aromatic heterocycles. The molecule has 120 valence electrons. The number of rotatable bonds is 7. The minimum Gasteiger partial charge on any atom is -0.370 e. The first-order chi connectivity index (χ1) is 11.3. The maximum atomic E-state index is 11.5. The van der Waals surface area contributed by atoms with Crippen LogP contribution in [0.2, 0.25) is 0 Å². The Morgan fingerprint density at radius 2 is 2.09 bits per heavy atom. The minimum absolute atomic E-state index is 0.272. The Balaban J connectivity index is 1.47. The van der Waals surface area contributed by atoms with Crippen molar-refractivity contribution in [2.24, 2.45) is 0 Å². The Morgan fingerprint density at radius 1 is 1.13 bits per heavy atom. The second kappa shape index (κ2) is 7.53. The molecule has 0 radical (unpaired) electrons. The van der Waals surface area contributed by atoms with Crippen LogP contribution in [0.5, 0.6) is 0 Å². The van der Waals surface area contributed by atoms with Crippen LogP contribution < -0.4 is 10.6 Å². The summed E-state index contributed by atoms with van der Waals surface area (Å²) in [5, 5.41) is 6.32. The fourth-order valence-electron chi connectivity index (χ4n) is 2.50. The zero-order chi connectivity index (χ0) is 15.9. The van der Waals surface area contributed by atoms with E-state index in [0.717, 1.165) is 38.3 Å². The third-order valence-electron chi connectivity index (χ3n) is 3.64. The summed E-state index contributed by atoms with van der Waals surface area (Å²) in [5.74, 6) is 2.24. The molecule has 1 fully saturated rings. The Kier molecular flexibility index (Phi) is 4.98. The minimum atomic E-state index is 0.272. The van der Waals surface area contributed by atoms with E-state index < -0.39 is 0 Å². The predicted molar refractivity (Wildman–Crippen MR) is 88.5 cm³/mol. The molecule has 0 spiro atoms. The number of carbonyl (C=O) groups is 1. The average Bonchev–Trinajstić information content (AvgIpc) is 2.98. The number of nitrogens with one attached hydrogen (secondary N) is 2. The van der Waals surface area contributed by atoms with Gasteiger partial charge in [0.1, 0.15) is 11.6 Å². The van der Waals surface area contributed by atoms with E-state index in [1.54, 1.807) is 12.4 Å². The Hall–Kier alpha value is -2.70. The van der Waals surface area contributed by atoms with Gasteiger partial charge in [-0.25, -0.2) is 9.97 Å². The van der Waals surface area contributed by atoms with Crippen LogP contribution in [0.15, 0.2) is 36.7 Å². The molecule has 0 saturated carbocycles. The Morgan fingerprint density at radius 3 is 2.87 bits per heavy atom. The van der Waals surface area contributed by atoms with Gasteiger partial charge in [0.05, 0.1) is 0 Å². The zero-order valence-electron chi connectivity index (χ0n) is 12.9. The molecule has 1 saturated heterocycles. The van der Waals surface area contributed by atoms with Gasteiger partial charge < -0.3 is 15.5 Å². The zero-order valence-corrected chi connectivity index (χ0v) is 12.9. The molecule has 3 rings (SSSR count). The number of amides is 1. The number of nitrogens with zero attached hydrogens (tertiary/aromatic N) is 4. The van der Waals surface area contributed by atoms with E-state index in [0.29, 0.717) is 18.2 Å². The van der Waals surface area contributed by atoms with Gasteiger partial charge in [0, 0.05) is 38.4 Å². The third-order valence-corrected chi connectivity index (χ3v) is 3.64. The van der Waals surface area contributed by atoms with E-state index in [2.05, 4.69) is 25.6 Å². The molecule has 1 aliphatic heterocycles. The second-order valence-corrected chi connectivity index (χ2v) is 5.37. The number of hydrogen-bond acceptors (Lipinski definition) is 6. The summed E-state index contributed by atoms with van der Waals surface area (Å²) >= 11 is 0. The Bertz CT molecular complexity index is 648. The SMILES string of the molecule is O=C1CCCN1CCCNc1ccnc(Nc2ccccn2)n1. The first-order valence-corrected chi connectivity index (χ1v) is 7.84. The molecule has 0 atom stereocenters. The lowest BCUT2D eigenvalue weighted by molar-refractivity contribution is -0.127. The molecule has 0 bridgehead atoms. The molecular weight excluding hydrogens is 292 g/mol. The normalized spacial score (nSPS) is 14.1. The third kappa shape index (κ3) is 4.38. The molecule has 23 heavy (non-hydrogen) atoms. The summed E-state index contributed by atoms with van der Waals surface area (Å²) in [6.07, 6.45) is 6.00. The summed E-state index contributed by atoms with van der Waals surface area (Å²) in [4.78, 5) is 26.2. The van der Waals surface area contributed by atoms with E-state index in [1.165, 1.54) is 0 Å². The second-order valence-electron chi connectivity index (χ2n) is 5.37. The molecule has 0 aliphatic carbocycles. The quantitative estimate of drug-likeness (QED) is 0.761. The number of hydrogen-bond donors (Lipinski definition) is 2. The number of aromatic nitrogens is 3. The van der Waals surface area contributed by atoms with Crippen LogP contribution >= 0.6 is 0 Å². The molecule has 7 heteroatoms. The number of anilines is 3. The topological polar surface area (TPSA) is 83.0 Å². The molecule has 3 heterocycles. The van der Waals surface area contributed by atoms with Gasteiger partial charge in [-0.15, -0.1) is 0 Å². The van der Waals surface area contributed by atoms with Crippen molar-refractivity contribution in [3.05, 3.63) is 36.7 Å². The van der Waals surface area contributed by atoms with Crippen molar-refractivity contribution in [3.8, 4) is 0 Å². The molecule has 7 nitrogen and oxygen atoms in total. The first-order valence-electron chi connectivity index (χ1n) is 7.84. The molecular formula is C16H20N6O. The maximum absolute atomic E-state index is 11.5. The lowest BCUT2D eigenvalue weighted by Crippen LogP contribution is -2.27. The van der Waals surface area contributed by atoms with Crippen LogP contribution in [-0.2, 0) is 4.79 Å². The smallest absolute Gasteiger partial charge is 0.230 e. The monoisotopic (exact) mass is 312 g/mol. The van der Waals surface area contributed by atoms with Crippen molar-refractivity contribution in [1.29, 1.82) is 0 Å². The predicted octanol–water partition coefficient (Wildman–Crippen LogP) is 2.04. The van der Waals surface area contributed by atoms with Crippen molar-refractivity contribution >= 4 is 23.5 Å². The molecule has 0 unspecified atom stereocenters. The van der Waals surface area contributed by atoms with Crippen LogP contribution in [0.3, 0.4) is 0 Å². The maximum Gasteiger partial charge on any atom is 0.230 e. The largest absolute Gasteiger partial charge is 0.370 e. The Labute approximate surface area is 135 Å². The summed E-state index contributed by atoms with van der Waals surface area (Å²) in [5.41, 5.74) is 0. The first kappa shape index (κ1) is 15.2. The fourth-order valence-corrected chi connectivity index (χ4v) is 2.50. The summed E-state index contributed by atoms with van der Waals surface area (Å²) in [7, 11) is 0. The lowest BCUT2D eigenvalue weighted by atomic mass is 10.4. The van der Waals surface area contributed by atoms with Crippen LogP contribution in [0, 0.1) is 0 Å². The summed E-state index contributed by atoms with van der Waals surface area (Å²) < 4.78 is 0. The van der Waals surface area contributed by atoms with Gasteiger partial charge >= 0.3 is 0 Å². The van der Waals surface area contributed by atoms with Crippen molar-refractivity contribution < 1.29 is 4.79 Å². The van der Waals surface area contributed by atoms with Crippen molar-refractivity contribution in [2.75, 3.05) is 30.3 Å². The van der Waals surface area contributed by atoms with Gasteiger partial charge in [-0.3, -0.25) is 4.79 Å². The summed E-state index contributed by atoms with van der Waals surface area (Å²) in [6.45, 7) is 2.46. The van der Waals surface area contributed by atoms with Crippen LogP contribution in [0.25, 0.3) is 0 Å². The highest BCUT2D eigenvalue weighted by Gasteiger charge is 2.18. The highest BCUT2D eigenvalue weighted by molar-refractivity contribution is 5.78. The molecule has 2 aromatic rings. The molecule has 2 N–H and O–H groups in total. The van der Waals surface area contributed by atoms with Crippen LogP contribution in [-0.4, -0.2) is 45.4 Å². The van der Waals surface area contributed by atoms with Crippen molar-refractivity contribution in [2.45, 2.75) is 19.3 Å². The molecule has 0 aromatic carbocycles. The number of likely N-dealkylation sites (tertiary alicyclic amines) is 1. The van der Waals surface area contributed by atoms with Gasteiger partial charge in [0.2, 0.25) is 11.9 Å². The lowest BCUT2D eigenvalue weighted by Gasteiger charge is -2.15. The van der Waals surface area contributed by atoms with Gasteiger partial charge in [-0.1, -0.05) is 6.07 Å². The van der Waals surface area contributed by atoms with E-state index in [1.807, 2.05) is 29.2 Å². The van der Waals surface area contributed by atoms with E-state index >= 15 is 0 Å². The van der Waals surface area contributed by atoms with E-state index in [-0.39, 0.29) is 5.91 Å².